The minimum absolute atomic E-state index is 0.190. The summed E-state index contributed by atoms with van der Waals surface area (Å²) in [7, 11) is 0. The van der Waals surface area contributed by atoms with Gasteiger partial charge in [0.05, 0.1) is 0 Å². The smallest absolute Gasteiger partial charge is 0.104 e. The van der Waals surface area contributed by atoms with Gasteiger partial charge in [0.1, 0.15) is 4.95 Å². The molecule has 10 heavy (non-hydrogen) atoms. The van der Waals surface area contributed by atoms with E-state index in [4.69, 9.17) is 5.84 Å². The summed E-state index contributed by atoms with van der Waals surface area (Å²) < 4.78 is 4.75. The number of nitrogens with zero attached hydrogens (tertiary/aromatic N) is 1. The van der Waals surface area contributed by atoms with Crippen molar-refractivity contribution in [2.24, 2.45) is 5.84 Å². The molecule has 0 aliphatic rings. The van der Waals surface area contributed by atoms with Crippen molar-refractivity contribution in [1.29, 1.82) is 0 Å². The van der Waals surface area contributed by atoms with E-state index in [-0.39, 0.29) is 4.95 Å². The molecule has 0 saturated heterocycles. The highest BCUT2D eigenvalue weighted by Gasteiger charge is 2.08. The second kappa shape index (κ2) is 6.75. The van der Waals surface area contributed by atoms with Crippen molar-refractivity contribution in [2.45, 2.75) is 4.95 Å². The van der Waals surface area contributed by atoms with Crippen molar-refractivity contribution in [2.75, 3.05) is 19.1 Å². The summed E-state index contributed by atoms with van der Waals surface area (Å²) in [4.78, 5) is 0.190. The van der Waals surface area contributed by atoms with Gasteiger partial charge in [0.2, 0.25) is 0 Å². The third-order valence-corrected chi connectivity index (χ3v) is 3.05. The van der Waals surface area contributed by atoms with E-state index >= 15 is 0 Å². The first-order chi connectivity index (χ1) is 4.72. The van der Waals surface area contributed by atoms with Gasteiger partial charge in [-0.25, -0.2) is 0 Å². The Morgan fingerprint density at radius 1 is 1.70 bits per heavy atom. The van der Waals surface area contributed by atoms with Gasteiger partial charge in [0.15, 0.2) is 0 Å². The molecule has 0 rings (SSSR count). The number of hydrogen-bond acceptors (Lipinski definition) is 5. The molecule has 6 heteroatoms. The van der Waals surface area contributed by atoms with Crippen LogP contribution in [0, 0.1) is 0 Å². The van der Waals surface area contributed by atoms with E-state index in [1.54, 1.807) is 16.4 Å². The highest BCUT2D eigenvalue weighted by Crippen LogP contribution is 2.09. The Morgan fingerprint density at radius 3 is 2.70 bits per heavy atom. The van der Waals surface area contributed by atoms with Crippen LogP contribution in [0.4, 0.5) is 0 Å². The minimum atomic E-state index is 0.190. The molecule has 3 N–H and O–H groups in total. The van der Waals surface area contributed by atoms with E-state index in [9.17, 15) is 0 Å². The summed E-state index contributed by atoms with van der Waals surface area (Å²) in [6.07, 6.45) is 3.92. The number of halogens is 1. The quantitative estimate of drug-likeness (QED) is 0.249. The molecule has 0 aromatic rings. The van der Waals surface area contributed by atoms with E-state index in [1.807, 2.05) is 12.5 Å². The Kier molecular flexibility index (Phi) is 7.47. The first kappa shape index (κ1) is 11.1. The summed E-state index contributed by atoms with van der Waals surface area (Å²) in [5.74, 6) is 5.56. The van der Waals surface area contributed by atoms with Crippen LogP contribution in [0.1, 0.15) is 0 Å². The van der Waals surface area contributed by atoms with Gasteiger partial charge in [0.25, 0.3) is 0 Å². The summed E-state index contributed by atoms with van der Waals surface area (Å²) >= 11 is 6.49. The van der Waals surface area contributed by atoms with Gasteiger partial charge in [-0.2, -0.15) is 4.41 Å². The summed E-state index contributed by atoms with van der Waals surface area (Å²) in [5.41, 5.74) is 0. The lowest BCUT2D eigenvalue weighted by Crippen LogP contribution is -2.36. The molecule has 0 bridgehead atoms. The Bertz CT molecular complexity index is 84.9. The molecule has 1 atom stereocenters. The first-order valence-electron chi connectivity index (χ1n) is 2.70. The predicted octanol–water partition coefficient (Wildman–Crippen LogP) is 1.03. The van der Waals surface area contributed by atoms with Gasteiger partial charge < -0.3 is 0 Å². The zero-order valence-electron chi connectivity index (χ0n) is 6.00. The Balaban J connectivity index is 3.31. The number of hydrogen-bond donors (Lipinski definition) is 2. The van der Waals surface area contributed by atoms with Gasteiger partial charge in [0, 0.05) is 6.54 Å². The van der Waals surface area contributed by atoms with Gasteiger partial charge in [-0.15, -0.1) is 0 Å². The largest absolute Gasteiger partial charge is 0.262 e. The van der Waals surface area contributed by atoms with Crippen molar-refractivity contribution >= 4 is 39.8 Å². The molecular formula is C4H12BrN3S2. The third kappa shape index (κ3) is 4.81. The fourth-order valence-corrected chi connectivity index (χ4v) is 1.86. The maximum atomic E-state index is 5.56. The second-order valence-electron chi connectivity index (χ2n) is 1.53. The van der Waals surface area contributed by atoms with Crippen LogP contribution >= 0.6 is 39.8 Å². The van der Waals surface area contributed by atoms with E-state index in [1.165, 1.54) is 11.9 Å². The molecular weight excluding hydrogens is 234 g/mol. The Labute approximate surface area is 78.8 Å². The summed E-state index contributed by atoms with van der Waals surface area (Å²) in [6, 6.07) is 0. The van der Waals surface area contributed by atoms with Crippen molar-refractivity contribution < 1.29 is 0 Å². The molecule has 0 heterocycles. The van der Waals surface area contributed by atoms with E-state index < -0.39 is 0 Å². The average molecular weight is 246 g/mol. The molecule has 0 fully saturated rings. The molecule has 0 spiro atoms. The molecule has 0 aliphatic carbocycles. The maximum absolute atomic E-state index is 5.56. The monoisotopic (exact) mass is 245 g/mol. The molecule has 1 unspecified atom stereocenters. The molecule has 0 aromatic carbocycles. The number of nitrogens with one attached hydrogen (secondary N) is 1. The van der Waals surface area contributed by atoms with Gasteiger partial charge in [-0.1, -0.05) is 39.8 Å². The fourth-order valence-electron chi connectivity index (χ4n) is 0.356. The molecule has 62 valence electrons. The van der Waals surface area contributed by atoms with Crippen LogP contribution in [0.15, 0.2) is 0 Å². The van der Waals surface area contributed by atoms with Crippen LogP contribution in [0.3, 0.4) is 0 Å². The molecule has 0 radical (unpaired) electrons. The SMILES string of the molecule is CSNCC(Br)N(N)SC. The Morgan fingerprint density at radius 2 is 2.30 bits per heavy atom. The zero-order valence-corrected chi connectivity index (χ0v) is 9.22. The Hall–Kier alpha value is 1.06. The highest BCUT2D eigenvalue weighted by molar-refractivity contribution is 9.09. The minimum Gasteiger partial charge on any atom is -0.262 e. The van der Waals surface area contributed by atoms with Crippen molar-refractivity contribution in [1.82, 2.24) is 9.14 Å². The first-order valence-corrected chi connectivity index (χ1v) is 6.02. The lowest BCUT2D eigenvalue weighted by atomic mass is 10.7. The molecule has 0 aromatic heterocycles. The molecule has 0 saturated carbocycles. The van der Waals surface area contributed by atoms with Crippen LogP contribution in [0.2, 0.25) is 0 Å². The van der Waals surface area contributed by atoms with Crippen LogP contribution in [0.25, 0.3) is 0 Å². The predicted molar refractivity (Wildman–Crippen MR) is 53.8 cm³/mol. The highest BCUT2D eigenvalue weighted by atomic mass is 79.9. The van der Waals surface area contributed by atoms with E-state index in [0.717, 1.165) is 6.54 Å². The average Bonchev–Trinajstić information content (AvgIpc) is 1.98. The standard InChI is InChI=1S/C4H12BrN3S2/c1-9-7-3-4(5)8(6)10-2/h4,7H,3,6H2,1-2H3. The zero-order chi connectivity index (χ0) is 7.98. The lowest BCUT2D eigenvalue weighted by molar-refractivity contribution is 0.475. The van der Waals surface area contributed by atoms with Crippen LogP contribution in [-0.4, -0.2) is 28.4 Å². The molecule has 0 aliphatic heterocycles. The normalized spacial score (nSPS) is 14.1. The van der Waals surface area contributed by atoms with E-state index in [0.29, 0.717) is 0 Å². The lowest BCUT2D eigenvalue weighted by Gasteiger charge is -2.18. The van der Waals surface area contributed by atoms with Gasteiger partial charge in [-0.3, -0.25) is 10.6 Å². The van der Waals surface area contributed by atoms with Crippen molar-refractivity contribution in [3.05, 3.63) is 0 Å². The number of rotatable bonds is 5. The van der Waals surface area contributed by atoms with Gasteiger partial charge >= 0.3 is 0 Å². The fraction of sp³-hybridized carbons (Fsp3) is 1.00. The van der Waals surface area contributed by atoms with E-state index in [2.05, 4.69) is 20.7 Å². The van der Waals surface area contributed by atoms with Crippen LogP contribution in [-0.2, 0) is 0 Å². The summed E-state index contributed by atoms with van der Waals surface area (Å²) in [6.45, 7) is 0.832. The van der Waals surface area contributed by atoms with Crippen molar-refractivity contribution in [3.8, 4) is 0 Å². The second-order valence-corrected chi connectivity index (χ2v) is 4.07. The topological polar surface area (TPSA) is 41.3 Å². The third-order valence-electron chi connectivity index (χ3n) is 0.883. The number of alkyl halides is 1. The summed E-state index contributed by atoms with van der Waals surface area (Å²) in [5, 5.41) is 0. The van der Waals surface area contributed by atoms with Crippen molar-refractivity contribution in [3.63, 3.8) is 0 Å². The maximum Gasteiger partial charge on any atom is 0.104 e. The van der Waals surface area contributed by atoms with Gasteiger partial charge in [-0.05, 0) is 12.5 Å². The number of hydrazine groups is 1. The van der Waals surface area contributed by atoms with Crippen LogP contribution < -0.4 is 10.6 Å². The van der Waals surface area contributed by atoms with Crippen LogP contribution in [0.5, 0.6) is 0 Å². The number of nitrogens with two attached hydrogens (primary N) is 1. The molecule has 3 nitrogen and oxygen atoms in total. The molecule has 0 amide bonds.